The van der Waals surface area contributed by atoms with Gasteiger partial charge in [-0.2, -0.15) is 0 Å². The number of carbonyl (C=O) groups is 2. The highest BCUT2D eigenvalue weighted by Gasteiger charge is 2.19. The molecule has 13 heavy (non-hydrogen) atoms. The van der Waals surface area contributed by atoms with Crippen molar-refractivity contribution in [1.29, 1.82) is 0 Å². The van der Waals surface area contributed by atoms with Crippen molar-refractivity contribution in [3.05, 3.63) is 11.6 Å². The van der Waals surface area contributed by atoms with Crippen LogP contribution in [-0.4, -0.2) is 11.8 Å². The number of hydrogen-bond donors (Lipinski definition) is 1. The molecule has 0 aromatic rings. The zero-order valence-corrected chi connectivity index (χ0v) is 7.93. The Morgan fingerprint density at radius 1 is 1.38 bits per heavy atom. The van der Waals surface area contributed by atoms with E-state index in [9.17, 15) is 9.59 Å². The van der Waals surface area contributed by atoms with Gasteiger partial charge in [-0.3, -0.25) is 14.9 Å². The minimum atomic E-state index is -0.202. The molecule has 1 heterocycles. The van der Waals surface area contributed by atoms with E-state index in [-0.39, 0.29) is 11.8 Å². The van der Waals surface area contributed by atoms with Gasteiger partial charge in [-0.1, -0.05) is 25.8 Å². The molecule has 1 rings (SSSR count). The van der Waals surface area contributed by atoms with Crippen LogP contribution in [0.1, 0.15) is 39.0 Å². The fourth-order valence-electron chi connectivity index (χ4n) is 1.31. The molecule has 1 N–H and O–H groups in total. The first kappa shape index (κ1) is 9.96. The third-order valence-corrected chi connectivity index (χ3v) is 2.11. The van der Waals surface area contributed by atoms with Crippen LogP contribution in [0.2, 0.25) is 0 Å². The van der Waals surface area contributed by atoms with Crippen LogP contribution in [-0.2, 0) is 9.59 Å². The highest BCUT2D eigenvalue weighted by atomic mass is 16.2. The van der Waals surface area contributed by atoms with E-state index in [1.54, 1.807) is 0 Å². The summed E-state index contributed by atoms with van der Waals surface area (Å²) in [6.07, 6.45) is 6.17. The van der Waals surface area contributed by atoms with E-state index in [1.165, 1.54) is 0 Å². The Hall–Kier alpha value is -1.12. The van der Waals surface area contributed by atoms with Gasteiger partial charge in [0.05, 0.1) is 0 Å². The third kappa shape index (κ3) is 3.01. The highest BCUT2D eigenvalue weighted by molar-refractivity contribution is 6.07. The van der Waals surface area contributed by atoms with Gasteiger partial charge in [0.1, 0.15) is 0 Å². The van der Waals surface area contributed by atoms with Crippen LogP contribution in [0.5, 0.6) is 0 Å². The van der Waals surface area contributed by atoms with Crippen molar-refractivity contribution in [2.75, 3.05) is 0 Å². The van der Waals surface area contributed by atoms with Crippen molar-refractivity contribution in [2.24, 2.45) is 0 Å². The van der Waals surface area contributed by atoms with E-state index < -0.39 is 0 Å². The summed E-state index contributed by atoms with van der Waals surface area (Å²) in [5.74, 6) is -0.356. The number of piperidine rings is 1. The second-order valence-corrected chi connectivity index (χ2v) is 3.25. The highest BCUT2D eigenvalue weighted by Crippen LogP contribution is 2.12. The smallest absolute Gasteiger partial charge is 0.253 e. The summed E-state index contributed by atoms with van der Waals surface area (Å²) in [6.45, 7) is 2.11. The minimum Gasteiger partial charge on any atom is -0.293 e. The summed E-state index contributed by atoms with van der Waals surface area (Å²) in [5, 5.41) is 2.31. The Balaban J connectivity index is 2.45. The number of rotatable bonds is 3. The van der Waals surface area contributed by atoms with E-state index >= 15 is 0 Å². The molecule has 0 atom stereocenters. The van der Waals surface area contributed by atoms with E-state index in [1.807, 2.05) is 6.08 Å². The monoisotopic (exact) mass is 181 g/mol. The molecule has 1 fully saturated rings. The van der Waals surface area contributed by atoms with E-state index in [4.69, 9.17) is 0 Å². The fourth-order valence-corrected chi connectivity index (χ4v) is 1.31. The molecule has 1 aliphatic heterocycles. The van der Waals surface area contributed by atoms with Crippen molar-refractivity contribution in [1.82, 2.24) is 5.32 Å². The SMILES string of the molecule is CCCCC=C1CCC(=O)NC1=O. The van der Waals surface area contributed by atoms with Crippen LogP contribution in [0.15, 0.2) is 11.6 Å². The minimum absolute atomic E-state index is 0.155. The largest absolute Gasteiger partial charge is 0.293 e. The Labute approximate surface area is 78.2 Å². The first-order chi connectivity index (χ1) is 6.24. The summed E-state index contributed by atoms with van der Waals surface area (Å²) < 4.78 is 0. The predicted molar refractivity (Wildman–Crippen MR) is 50.0 cm³/mol. The van der Waals surface area contributed by atoms with Gasteiger partial charge in [0.2, 0.25) is 5.91 Å². The summed E-state index contributed by atoms with van der Waals surface area (Å²) in [7, 11) is 0. The van der Waals surface area contributed by atoms with Crippen molar-refractivity contribution in [2.45, 2.75) is 39.0 Å². The van der Waals surface area contributed by atoms with Gasteiger partial charge in [-0.05, 0) is 12.8 Å². The van der Waals surface area contributed by atoms with Crippen LogP contribution >= 0.6 is 0 Å². The second kappa shape index (κ2) is 4.80. The molecule has 0 unspecified atom stereocenters. The number of nitrogens with one attached hydrogen (secondary N) is 1. The van der Waals surface area contributed by atoms with Gasteiger partial charge in [0.25, 0.3) is 5.91 Å². The lowest BCUT2D eigenvalue weighted by Gasteiger charge is -2.13. The van der Waals surface area contributed by atoms with E-state index in [2.05, 4.69) is 12.2 Å². The number of unbranched alkanes of at least 4 members (excludes halogenated alkanes) is 2. The topological polar surface area (TPSA) is 46.2 Å². The van der Waals surface area contributed by atoms with Gasteiger partial charge in [-0.25, -0.2) is 0 Å². The number of amides is 2. The lowest BCUT2D eigenvalue weighted by atomic mass is 10.0. The molecule has 0 saturated carbocycles. The lowest BCUT2D eigenvalue weighted by molar-refractivity contribution is -0.130. The standard InChI is InChI=1S/C10H15NO2/c1-2-3-4-5-8-6-7-9(12)11-10(8)13/h5H,2-4,6-7H2,1H3,(H,11,12,13). The van der Waals surface area contributed by atoms with Gasteiger partial charge in [0, 0.05) is 12.0 Å². The Morgan fingerprint density at radius 3 is 2.77 bits per heavy atom. The predicted octanol–water partition coefficient (Wildman–Crippen LogP) is 1.54. The van der Waals surface area contributed by atoms with Crippen molar-refractivity contribution < 1.29 is 9.59 Å². The van der Waals surface area contributed by atoms with Gasteiger partial charge < -0.3 is 0 Å². The summed E-state index contributed by atoms with van der Waals surface area (Å²) in [5.41, 5.74) is 0.771. The average Bonchev–Trinajstić information content (AvgIpc) is 2.09. The fraction of sp³-hybridized carbons (Fsp3) is 0.600. The molecule has 3 heteroatoms. The maximum absolute atomic E-state index is 11.2. The molecule has 1 saturated heterocycles. The summed E-state index contributed by atoms with van der Waals surface area (Å²) in [4.78, 5) is 22.0. The molecular weight excluding hydrogens is 166 g/mol. The Bertz CT molecular complexity index is 243. The zero-order chi connectivity index (χ0) is 9.68. The van der Waals surface area contributed by atoms with Crippen LogP contribution < -0.4 is 5.32 Å². The zero-order valence-electron chi connectivity index (χ0n) is 7.93. The maximum Gasteiger partial charge on any atom is 0.253 e. The summed E-state index contributed by atoms with van der Waals surface area (Å²) in [6, 6.07) is 0. The maximum atomic E-state index is 11.2. The molecule has 0 bridgehead atoms. The first-order valence-corrected chi connectivity index (χ1v) is 4.77. The van der Waals surface area contributed by atoms with Crippen molar-refractivity contribution in [3.63, 3.8) is 0 Å². The summed E-state index contributed by atoms with van der Waals surface area (Å²) >= 11 is 0. The second-order valence-electron chi connectivity index (χ2n) is 3.25. The Kier molecular flexibility index (Phi) is 3.68. The average molecular weight is 181 g/mol. The van der Waals surface area contributed by atoms with Crippen LogP contribution in [0.3, 0.4) is 0 Å². The Morgan fingerprint density at radius 2 is 2.15 bits per heavy atom. The molecular formula is C10H15NO2. The quantitative estimate of drug-likeness (QED) is 0.408. The molecule has 72 valence electrons. The van der Waals surface area contributed by atoms with Crippen LogP contribution in [0.25, 0.3) is 0 Å². The van der Waals surface area contributed by atoms with E-state index in [0.717, 1.165) is 24.8 Å². The normalized spacial score (nSPS) is 20.5. The molecule has 0 spiro atoms. The van der Waals surface area contributed by atoms with Crippen molar-refractivity contribution >= 4 is 11.8 Å². The van der Waals surface area contributed by atoms with Crippen LogP contribution in [0, 0.1) is 0 Å². The molecule has 0 aliphatic carbocycles. The number of carbonyl (C=O) groups excluding carboxylic acids is 2. The third-order valence-electron chi connectivity index (χ3n) is 2.11. The molecule has 1 aliphatic rings. The number of hydrogen-bond acceptors (Lipinski definition) is 2. The van der Waals surface area contributed by atoms with E-state index in [0.29, 0.717) is 12.8 Å². The molecule has 0 aromatic carbocycles. The van der Waals surface area contributed by atoms with Gasteiger partial charge in [0.15, 0.2) is 0 Å². The van der Waals surface area contributed by atoms with Gasteiger partial charge >= 0.3 is 0 Å². The number of allylic oxidation sites excluding steroid dienone is 1. The number of imide groups is 1. The van der Waals surface area contributed by atoms with Crippen LogP contribution in [0.4, 0.5) is 0 Å². The van der Waals surface area contributed by atoms with Crippen molar-refractivity contribution in [3.8, 4) is 0 Å². The molecule has 3 nitrogen and oxygen atoms in total. The molecule has 2 amide bonds. The lowest BCUT2D eigenvalue weighted by Crippen LogP contribution is -2.35. The molecule has 0 radical (unpaired) electrons. The first-order valence-electron chi connectivity index (χ1n) is 4.77. The molecule has 0 aromatic heterocycles. The van der Waals surface area contributed by atoms with Gasteiger partial charge in [-0.15, -0.1) is 0 Å².